The summed E-state index contributed by atoms with van der Waals surface area (Å²) in [7, 11) is 0. The summed E-state index contributed by atoms with van der Waals surface area (Å²) in [5.74, 6) is 0.218. The molecule has 17 heavy (non-hydrogen) atoms. The number of nitrogens with two attached hydrogens (primary N) is 1. The molecule has 0 radical (unpaired) electrons. The zero-order chi connectivity index (χ0) is 12.7. The fourth-order valence-corrected chi connectivity index (χ4v) is 2.55. The number of hydrogen-bond acceptors (Lipinski definition) is 3. The van der Waals surface area contributed by atoms with E-state index in [4.69, 9.17) is 5.73 Å². The molecule has 0 bridgehead atoms. The fraction of sp³-hybridized carbons (Fsp3) is 0.923. The molecule has 1 aliphatic rings. The Morgan fingerprint density at radius 1 is 1.35 bits per heavy atom. The Labute approximate surface area is 105 Å². The zero-order valence-corrected chi connectivity index (χ0v) is 11.2. The first kappa shape index (κ1) is 14.5. The van der Waals surface area contributed by atoms with Gasteiger partial charge in [0.25, 0.3) is 0 Å². The summed E-state index contributed by atoms with van der Waals surface area (Å²) >= 11 is 0. The molecule has 1 rings (SSSR count). The Balaban J connectivity index is 2.36. The molecule has 1 aliphatic carbocycles. The molecule has 3 N–H and O–H groups in total. The lowest BCUT2D eigenvalue weighted by Crippen LogP contribution is -2.45. The average molecular weight is 241 g/mol. The van der Waals surface area contributed by atoms with E-state index in [1.807, 2.05) is 18.7 Å². The third-order valence-electron chi connectivity index (χ3n) is 3.65. The van der Waals surface area contributed by atoms with E-state index in [1.165, 1.54) is 25.7 Å². The summed E-state index contributed by atoms with van der Waals surface area (Å²) in [6.07, 6.45) is 5.61. The van der Waals surface area contributed by atoms with Gasteiger partial charge in [-0.1, -0.05) is 12.8 Å². The maximum Gasteiger partial charge on any atom is 0.224 e. The molecule has 0 aliphatic heterocycles. The molecule has 100 valence electrons. The van der Waals surface area contributed by atoms with Gasteiger partial charge in [-0.2, -0.15) is 0 Å². The van der Waals surface area contributed by atoms with Crippen LogP contribution in [0.15, 0.2) is 0 Å². The quantitative estimate of drug-likeness (QED) is 0.702. The van der Waals surface area contributed by atoms with Crippen LogP contribution in [0, 0.1) is 0 Å². The lowest BCUT2D eigenvalue weighted by Gasteiger charge is -2.25. The molecule has 1 amide bonds. The maximum atomic E-state index is 12.0. The number of carbonyl (C=O) groups excluding carboxylic acids is 1. The van der Waals surface area contributed by atoms with Gasteiger partial charge in [0.15, 0.2) is 0 Å². The average Bonchev–Trinajstić information content (AvgIpc) is 2.82. The molecule has 0 heterocycles. The number of amides is 1. The lowest BCUT2D eigenvalue weighted by atomic mass is 10.1. The van der Waals surface area contributed by atoms with Crippen LogP contribution in [0.4, 0.5) is 0 Å². The van der Waals surface area contributed by atoms with Gasteiger partial charge in [0, 0.05) is 38.1 Å². The first-order valence-electron chi connectivity index (χ1n) is 6.95. The highest BCUT2D eigenvalue weighted by molar-refractivity contribution is 5.76. The van der Waals surface area contributed by atoms with E-state index in [1.54, 1.807) is 0 Å². The molecule has 0 aromatic rings. The van der Waals surface area contributed by atoms with Crippen molar-refractivity contribution in [2.75, 3.05) is 19.6 Å². The van der Waals surface area contributed by atoms with Gasteiger partial charge < -0.3 is 16.0 Å². The molecular formula is C13H27N3O. The third kappa shape index (κ3) is 4.64. The van der Waals surface area contributed by atoms with Crippen LogP contribution in [-0.2, 0) is 4.79 Å². The number of rotatable bonds is 7. The van der Waals surface area contributed by atoms with Crippen LogP contribution in [0.2, 0.25) is 0 Å². The topological polar surface area (TPSA) is 58.4 Å². The van der Waals surface area contributed by atoms with E-state index in [0.717, 1.165) is 13.1 Å². The van der Waals surface area contributed by atoms with Crippen molar-refractivity contribution >= 4 is 5.91 Å². The molecule has 0 spiro atoms. The molecule has 0 saturated heterocycles. The monoisotopic (exact) mass is 241 g/mol. The summed E-state index contributed by atoms with van der Waals surface area (Å²) in [6.45, 7) is 6.15. The van der Waals surface area contributed by atoms with Gasteiger partial charge in [-0.25, -0.2) is 0 Å². The van der Waals surface area contributed by atoms with Crippen LogP contribution >= 0.6 is 0 Å². The lowest BCUT2D eigenvalue weighted by molar-refractivity contribution is -0.131. The normalized spacial score (nSPS) is 18.3. The van der Waals surface area contributed by atoms with Crippen molar-refractivity contribution in [1.82, 2.24) is 10.2 Å². The summed E-state index contributed by atoms with van der Waals surface area (Å²) in [5, 5.41) is 3.53. The molecular weight excluding hydrogens is 214 g/mol. The van der Waals surface area contributed by atoms with Gasteiger partial charge in [-0.3, -0.25) is 4.79 Å². The zero-order valence-electron chi connectivity index (χ0n) is 11.2. The second kappa shape index (κ2) is 7.67. The summed E-state index contributed by atoms with van der Waals surface area (Å²) < 4.78 is 0. The Morgan fingerprint density at radius 2 is 1.94 bits per heavy atom. The van der Waals surface area contributed by atoms with Crippen LogP contribution in [0.5, 0.6) is 0 Å². The SMILES string of the molecule is CCN(CC)C(=O)CC(CN)NC1CCCC1. The minimum absolute atomic E-state index is 0.145. The van der Waals surface area contributed by atoms with E-state index in [0.29, 0.717) is 19.0 Å². The van der Waals surface area contributed by atoms with Gasteiger partial charge in [0.2, 0.25) is 5.91 Å². The number of nitrogens with one attached hydrogen (secondary N) is 1. The minimum Gasteiger partial charge on any atom is -0.343 e. The van der Waals surface area contributed by atoms with Crippen LogP contribution in [-0.4, -0.2) is 42.5 Å². The summed E-state index contributed by atoms with van der Waals surface area (Å²) in [6, 6.07) is 0.722. The first-order valence-corrected chi connectivity index (χ1v) is 6.95. The van der Waals surface area contributed by atoms with Gasteiger partial charge >= 0.3 is 0 Å². The molecule has 4 nitrogen and oxygen atoms in total. The van der Waals surface area contributed by atoms with Crippen LogP contribution in [0.1, 0.15) is 46.0 Å². The Kier molecular flexibility index (Phi) is 6.52. The van der Waals surface area contributed by atoms with Crippen molar-refractivity contribution in [3.8, 4) is 0 Å². The van der Waals surface area contributed by atoms with Gasteiger partial charge in [0.1, 0.15) is 0 Å². The van der Waals surface area contributed by atoms with Crippen LogP contribution in [0.25, 0.3) is 0 Å². The number of nitrogens with zero attached hydrogens (tertiary/aromatic N) is 1. The predicted octanol–water partition coefficient (Wildman–Crippen LogP) is 1.10. The predicted molar refractivity (Wildman–Crippen MR) is 70.8 cm³/mol. The Bertz CT molecular complexity index is 223. The van der Waals surface area contributed by atoms with Crippen molar-refractivity contribution in [2.24, 2.45) is 5.73 Å². The standard InChI is InChI=1S/C13H27N3O/c1-3-16(4-2)13(17)9-12(10-14)15-11-7-5-6-8-11/h11-12,15H,3-10,14H2,1-2H3. The highest BCUT2D eigenvalue weighted by atomic mass is 16.2. The third-order valence-corrected chi connectivity index (χ3v) is 3.65. The molecule has 4 heteroatoms. The van der Waals surface area contributed by atoms with E-state index in [2.05, 4.69) is 5.32 Å². The van der Waals surface area contributed by atoms with Crippen LogP contribution in [0.3, 0.4) is 0 Å². The van der Waals surface area contributed by atoms with Crippen molar-refractivity contribution < 1.29 is 4.79 Å². The van der Waals surface area contributed by atoms with Crippen LogP contribution < -0.4 is 11.1 Å². The van der Waals surface area contributed by atoms with E-state index in [-0.39, 0.29) is 11.9 Å². The van der Waals surface area contributed by atoms with Crippen molar-refractivity contribution in [3.63, 3.8) is 0 Å². The first-order chi connectivity index (χ1) is 8.21. The minimum atomic E-state index is 0.145. The second-order valence-corrected chi connectivity index (χ2v) is 4.85. The Hall–Kier alpha value is -0.610. The molecule has 1 fully saturated rings. The Morgan fingerprint density at radius 3 is 2.41 bits per heavy atom. The molecule has 1 saturated carbocycles. The molecule has 0 aromatic carbocycles. The number of carbonyl (C=O) groups is 1. The highest BCUT2D eigenvalue weighted by Crippen LogP contribution is 2.18. The maximum absolute atomic E-state index is 12.0. The largest absolute Gasteiger partial charge is 0.343 e. The van der Waals surface area contributed by atoms with Gasteiger partial charge in [0.05, 0.1) is 0 Å². The van der Waals surface area contributed by atoms with E-state index in [9.17, 15) is 4.79 Å². The summed E-state index contributed by atoms with van der Waals surface area (Å²) in [5.41, 5.74) is 5.75. The van der Waals surface area contributed by atoms with Gasteiger partial charge in [-0.15, -0.1) is 0 Å². The van der Waals surface area contributed by atoms with Crippen molar-refractivity contribution in [2.45, 2.75) is 58.0 Å². The molecule has 1 atom stereocenters. The summed E-state index contributed by atoms with van der Waals surface area (Å²) in [4.78, 5) is 13.9. The van der Waals surface area contributed by atoms with Crippen molar-refractivity contribution in [3.05, 3.63) is 0 Å². The fourth-order valence-electron chi connectivity index (χ4n) is 2.55. The molecule has 1 unspecified atom stereocenters. The number of hydrogen-bond donors (Lipinski definition) is 2. The second-order valence-electron chi connectivity index (χ2n) is 4.85. The smallest absolute Gasteiger partial charge is 0.224 e. The molecule has 0 aromatic heterocycles. The van der Waals surface area contributed by atoms with Crippen molar-refractivity contribution in [1.29, 1.82) is 0 Å². The van der Waals surface area contributed by atoms with E-state index >= 15 is 0 Å². The van der Waals surface area contributed by atoms with E-state index < -0.39 is 0 Å². The highest BCUT2D eigenvalue weighted by Gasteiger charge is 2.21. The van der Waals surface area contributed by atoms with Gasteiger partial charge in [-0.05, 0) is 26.7 Å².